The lowest BCUT2D eigenvalue weighted by molar-refractivity contribution is 0.155. The molecule has 0 bridgehead atoms. The second-order valence-corrected chi connectivity index (χ2v) is 6.22. The summed E-state index contributed by atoms with van der Waals surface area (Å²) < 4.78 is 11.2. The van der Waals surface area contributed by atoms with Gasteiger partial charge in [0.05, 0.1) is 11.3 Å². The molecule has 5 nitrogen and oxygen atoms in total. The second kappa shape index (κ2) is 7.33. The number of aryl methyl sites for hydroxylation is 1. The van der Waals surface area contributed by atoms with E-state index in [1.54, 1.807) is 6.07 Å². The maximum atomic E-state index is 12.2. The maximum Gasteiger partial charge on any atom is 0.411 e. The third-order valence-electron chi connectivity index (χ3n) is 4.15. The minimum atomic E-state index is -0.529. The molecule has 0 atom stereocenters. The molecule has 5 heteroatoms. The third-order valence-corrected chi connectivity index (χ3v) is 4.15. The van der Waals surface area contributed by atoms with Gasteiger partial charge in [0.15, 0.2) is 5.58 Å². The molecule has 1 N–H and O–H groups in total. The number of para-hydroxylation sites is 1. The van der Waals surface area contributed by atoms with Crippen molar-refractivity contribution in [3.63, 3.8) is 0 Å². The van der Waals surface area contributed by atoms with Crippen LogP contribution in [0.15, 0.2) is 77.2 Å². The average molecular weight is 358 g/mol. The molecule has 1 aromatic heterocycles. The molecule has 4 aromatic rings. The van der Waals surface area contributed by atoms with Crippen LogP contribution in [0.25, 0.3) is 22.6 Å². The summed E-state index contributed by atoms with van der Waals surface area (Å²) in [7, 11) is 0. The first kappa shape index (κ1) is 16.8. The highest BCUT2D eigenvalue weighted by Crippen LogP contribution is 2.30. The van der Waals surface area contributed by atoms with E-state index in [4.69, 9.17) is 9.15 Å². The van der Waals surface area contributed by atoms with Crippen molar-refractivity contribution in [2.45, 2.75) is 13.5 Å². The monoisotopic (exact) mass is 358 g/mol. The second-order valence-electron chi connectivity index (χ2n) is 6.22. The Hall–Kier alpha value is -3.60. The predicted molar refractivity (Wildman–Crippen MR) is 104 cm³/mol. The summed E-state index contributed by atoms with van der Waals surface area (Å²) in [5.74, 6) is 0.453. The molecule has 0 radical (unpaired) electrons. The van der Waals surface area contributed by atoms with Gasteiger partial charge in [-0.15, -0.1) is 0 Å². The van der Waals surface area contributed by atoms with Gasteiger partial charge in [0.2, 0.25) is 5.89 Å². The normalized spacial score (nSPS) is 10.7. The van der Waals surface area contributed by atoms with E-state index in [2.05, 4.69) is 10.3 Å². The van der Waals surface area contributed by atoms with Crippen molar-refractivity contribution >= 4 is 22.9 Å². The molecular formula is C22H18N2O3. The zero-order chi connectivity index (χ0) is 18.6. The van der Waals surface area contributed by atoms with Crippen LogP contribution in [0.5, 0.6) is 0 Å². The first-order valence-corrected chi connectivity index (χ1v) is 8.63. The summed E-state index contributed by atoms with van der Waals surface area (Å²) in [5.41, 5.74) is 4.80. The van der Waals surface area contributed by atoms with Gasteiger partial charge < -0.3 is 9.15 Å². The fourth-order valence-electron chi connectivity index (χ4n) is 2.80. The van der Waals surface area contributed by atoms with Crippen LogP contribution in [-0.4, -0.2) is 11.1 Å². The van der Waals surface area contributed by atoms with E-state index in [0.29, 0.717) is 22.7 Å². The van der Waals surface area contributed by atoms with Crippen LogP contribution < -0.4 is 5.32 Å². The molecule has 0 aliphatic rings. The number of ether oxygens (including phenoxy) is 1. The smallest absolute Gasteiger partial charge is 0.411 e. The van der Waals surface area contributed by atoms with Crippen LogP contribution in [0.3, 0.4) is 0 Å². The van der Waals surface area contributed by atoms with E-state index in [1.807, 2.05) is 73.7 Å². The van der Waals surface area contributed by atoms with E-state index >= 15 is 0 Å². The summed E-state index contributed by atoms with van der Waals surface area (Å²) in [4.78, 5) is 16.7. The lowest BCUT2D eigenvalue weighted by atomic mass is 10.2. The molecule has 4 rings (SSSR count). The van der Waals surface area contributed by atoms with Gasteiger partial charge in [0, 0.05) is 0 Å². The molecule has 1 heterocycles. The predicted octanol–water partition coefficient (Wildman–Crippen LogP) is 5.55. The summed E-state index contributed by atoms with van der Waals surface area (Å²) in [5, 5.41) is 2.77. The number of fused-ring (bicyclic) bond motifs is 1. The Morgan fingerprint density at radius 2 is 1.81 bits per heavy atom. The van der Waals surface area contributed by atoms with Gasteiger partial charge >= 0.3 is 6.09 Å². The number of oxazole rings is 1. The molecule has 0 spiro atoms. The standard InChI is InChI=1S/C22H18N2O3/c1-15-11-12-20-19(13-15)23-21(27-20)17-9-5-6-10-18(17)24-22(25)26-14-16-7-3-2-4-8-16/h2-13H,14H2,1H3,(H,24,25). The topological polar surface area (TPSA) is 64.4 Å². The largest absolute Gasteiger partial charge is 0.444 e. The summed E-state index contributed by atoms with van der Waals surface area (Å²) in [6.45, 7) is 2.21. The number of amides is 1. The summed E-state index contributed by atoms with van der Waals surface area (Å²) in [6.07, 6.45) is -0.529. The van der Waals surface area contributed by atoms with E-state index < -0.39 is 6.09 Å². The van der Waals surface area contributed by atoms with Crippen molar-refractivity contribution in [3.8, 4) is 11.5 Å². The van der Waals surface area contributed by atoms with Gasteiger partial charge in [-0.2, -0.15) is 0 Å². The molecule has 0 saturated heterocycles. The fourth-order valence-corrected chi connectivity index (χ4v) is 2.80. The lowest BCUT2D eigenvalue weighted by Gasteiger charge is -2.09. The van der Waals surface area contributed by atoms with Gasteiger partial charge in [-0.3, -0.25) is 5.32 Å². The van der Waals surface area contributed by atoms with Crippen molar-refractivity contribution < 1.29 is 13.9 Å². The molecule has 0 aliphatic carbocycles. The SMILES string of the molecule is Cc1ccc2oc(-c3ccccc3NC(=O)OCc3ccccc3)nc2c1. The quantitative estimate of drug-likeness (QED) is 0.519. The van der Waals surface area contributed by atoms with Gasteiger partial charge in [0.1, 0.15) is 12.1 Å². The first-order chi connectivity index (χ1) is 13.2. The molecule has 0 aliphatic heterocycles. The molecule has 0 unspecified atom stereocenters. The average Bonchev–Trinajstić information content (AvgIpc) is 3.10. The fraction of sp³-hybridized carbons (Fsp3) is 0.0909. The van der Waals surface area contributed by atoms with Gasteiger partial charge in [-0.05, 0) is 42.3 Å². The van der Waals surface area contributed by atoms with Crippen LogP contribution in [0, 0.1) is 6.92 Å². The first-order valence-electron chi connectivity index (χ1n) is 8.63. The summed E-state index contributed by atoms with van der Waals surface area (Å²) in [6, 6.07) is 22.7. The number of nitrogens with zero attached hydrogens (tertiary/aromatic N) is 1. The zero-order valence-corrected chi connectivity index (χ0v) is 14.8. The van der Waals surface area contributed by atoms with Gasteiger partial charge in [0.25, 0.3) is 0 Å². The lowest BCUT2D eigenvalue weighted by Crippen LogP contribution is -2.14. The Morgan fingerprint density at radius 1 is 1.04 bits per heavy atom. The number of hydrogen-bond donors (Lipinski definition) is 1. The molecular weight excluding hydrogens is 340 g/mol. The molecule has 0 saturated carbocycles. The van der Waals surface area contributed by atoms with Crippen molar-refractivity contribution in [2.75, 3.05) is 5.32 Å². The Labute approximate surface area is 156 Å². The van der Waals surface area contributed by atoms with Gasteiger partial charge in [-0.1, -0.05) is 48.5 Å². The van der Waals surface area contributed by atoms with Crippen LogP contribution in [0.1, 0.15) is 11.1 Å². The number of carbonyl (C=O) groups excluding carboxylic acids is 1. The molecule has 0 fully saturated rings. The number of benzene rings is 3. The van der Waals surface area contributed by atoms with Crippen molar-refractivity contribution in [1.82, 2.24) is 4.98 Å². The Kier molecular flexibility index (Phi) is 4.58. The number of hydrogen-bond acceptors (Lipinski definition) is 4. The Bertz CT molecular complexity index is 1090. The third kappa shape index (κ3) is 3.82. The minimum Gasteiger partial charge on any atom is -0.444 e. The molecule has 3 aromatic carbocycles. The van der Waals surface area contributed by atoms with Crippen LogP contribution in [0.4, 0.5) is 10.5 Å². The highest BCUT2D eigenvalue weighted by Gasteiger charge is 2.14. The highest BCUT2D eigenvalue weighted by atomic mass is 16.5. The number of anilines is 1. The number of aromatic nitrogens is 1. The number of rotatable bonds is 4. The minimum absolute atomic E-state index is 0.205. The molecule has 27 heavy (non-hydrogen) atoms. The zero-order valence-electron chi connectivity index (χ0n) is 14.8. The van der Waals surface area contributed by atoms with Crippen LogP contribution >= 0.6 is 0 Å². The van der Waals surface area contributed by atoms with Crippen LogP contribution in [-0.2, 0) is 11.3 Å². The number of nitrogens with one attached hydrogen (secondary N) is 1. The maximum absolute atomic E-state index is 12.2. The van der Waals surface area contributed by atoms with Crippen LogP contribution in [0.2, 0.25) is 0 Å². The highest BCUT2D eigenvalue weighted by molar-refractivity contribution is 5.91. The van der Waals surface area contributed by atoms with E-state index in [0.717, 1.165) is 16.6 Å². The Balaban J connectivity index is 1.54. The molecule has 134 valence electrons. The summed E-state index contributed by atoms with van der Waals surface area (Å²) >= 11 is 0. The van der Waals surface area contributed by atoms with E-state index in [1.165, 1.54) is 0 Å². The van der Waals surface area contributed by atoms with E-state index in [9.17, 15) is 4.79 Å². The van der Waals surface area contributed by atoms with E-state index in [-0.39, 0.29) is 6.61 Å². The van der Waals surface area contributed by atoms with Crippen molar-refractivity contribution in [2.24, 2.45) is 0 Å². The van der Waals surface area contributed by atoms with Crippen molar-refractivity contribution in [3.05, 3.63) is 83.9 Å². The van der Waals surface area contributed by atoms with Crippen molar-refractivity contribution in [1.29, 1.82) is 0 Å². The Morgan fingerprint density at radius 3 is 2.67 bits per heavy atom. The van der Waals surface area contributed by atoms with Gasteiger partial charge in [-0.25, -0.2) is 9.78 Å². The molecule has 1 amide bonds. The number of carbonyl (C=O) groups is 1.